The molecular weight excluding hydrogens is 614 g/mol. The highest BCUT2D eigenvalue weighted by Crippen LogP contribution is 2.37. The standard InChI is InChI=1S/C33H40F6N4O3/c1-46-30(44)9-11-40-10-7-28(22-40)42-15-13-41(14-16-42)27-8-12-43(29(21-27)17-23-5-3-2-4-6-23)31(45)24-18-25(32(34,35)36)20-26(19-24)33(37,38)39/h2-6,18-20,27-29H,7-17,21-22H2,1H3. The number of likely N-dealkylation sites (tertiary alicyclic amines) is 2. The van der Waals surface area contributed by atoms with Crippen LogP contribution in [0.5, 0.6) is 0 Å². The van der Waals surface area contributed by atoms with Crippen LogP contribution in [0.25, 0.3) is 0 Å². The fourth-order valence-corrected chi connectivity index (χ4v) is 7.09. The molecule has 0 N–H and O–H groups in total. The van der Waals surface area contributed by atoms with Gasteiger partial charge in [0.25, 0.3) is 5.91 Å². The van der Waals surface area contributed by atoms with E-state index in [0.717, 1.165) is 51.3 Å². The number of rotatable bonds is 8. The lowest BCUT2D eigenvalue weighted by Gasteiger charge is -2.47. The van der Waals surface area contributed by atoms with E-state index in [1.807, 2.05) is 30.3 Å². The molecule has 5 rings (SSSR count). The third-order valence-corrected chi connectivity index (χ3v) is 9.59. The molecular formula is C33H40F6N4O3. The van der Waals surface area contributed by atoms with Crippen LogP contribution in [-0.4, -0.2) is 109 Å². The van der Waals surface area contributed by atoms with Crippen molar-refractivity contribution in [1.29, 1.82) is 0 Å². The predicted molar refractivity (Wildman–Crippen MR) is 159 cm³/mol. The minimum absolute atomic E-state index is 0.0512. The van der Waals surface area contributed by atoms with E-state index >= 15 is 0 Å². The van der Waals surface area contributed by atoms with E-state index < -0.39 is 41.0 Å². The van der Waals surface area contributed by atoms with Crippen molar-refractivity contribution < 1.29 is 40.7 Å². The molecule has 3 atom stereocenters. The minimum atomic E-state index is -5.03. The lowest BCUT2D eigenvalue weighted by atomic mass is 9.90. The van der Waals surface area contributed by atoms with Crippen LogP contribution in [0.1, 0.15) is 52.7 Å². The molecule has 46 heavy (non-hydrogen) atoms. The first-order valence-corrected chi connectivity index (χ1v) is 15.7. The number of piperazine rings is 1. The normalized spacial score (nSPS) is 23.9. The third-order valence-electron chi connectivity index (χ3n) is 9.59. The average molecular weight is 655 g/mol. The zero-order valence-electron chi connectivity index (χ0n) is 25.8. The summed E-state index contributed by atoms with van der Waals surface area (Å²) in [6.07, 6.45) is -7.07. The Balaban J connectivity index is 1.26. The molecule has 0 spiro atoms. The Hall–Kier alpha value is -3.16. The molecule has 3 aliphatic heterocycles. The Kier molecular flexibility index (Phi) is 10.6. The highest BCUT2D eigenvalue weighted by atomic mass is 19.4. The molecule has 3 unspecified atom stereocenters. The second-order valence-electron chi connectivity index (χ2n) is 12.5. The van der Waals surface area contributed by atoms with Gasteiger partial charge in [0.2, 0.25) is 0 Å². The first kappa shape index (κ1) is 34.2. The second-order valence-corrected chi connectivity index (χ2v) is 12.5. The average Bonchev–Trinajstić information content (AvgIpc) is 3.52. The van der Waals surface area contributed by atoms with Crippen LogP contribution in [0.4, 0.5) is 26.3 Å². The summed E-state index contributed by atoms with van der Waals surface area (Å²) in [7, 11) is 1.39. The van der Waals surface area contributed by atoms with Crippen molar-refractivity contribution in [2.75, 3.05) is 59.5 Å². The van der Waals surface area contributed by atoms with Gasteiger partial charge in [0.05, 0.1) is 24.7 Å². The first-order valence-electron chi connectivity index (χ1n) is 15.7. The molecule has 3 saturated heterocycles. The van der Waals surface area contributed by atoms with Gasteiger partial charge in [0.1, 0.15) is 0 Å². The maximum absolute atomic E-state index is 13.7. The summed E-state index contributed by atoms with van der Waals surface area (Å²) >= 11 is 0. The summed E-state index contributed by atoms with van der Waals surface area (Å²) in [5.41, 5.74) is -2.66. The molecule has 2 aromatic rings. The summed E-state index contributed by atoms with van der Waals surface area (Å²) < 4.78 is 86.1. The van der Waals surface area contributed by atoms with Crippen molar-refractivity contribution >= 4 is 11.9 Å². The van der Waals surface area contributed by atoms with E-state index in [-0.39, 0.29) is 24.6 Å². The Morgan fingerprint density at radius 1 is 0.804 bits per heavy atom. The Bertz CT molecular complexity index is 1310. The van der Waals surface area contributed by atoms with Crippen LogP contribution < -0.4 is 0 Å². The third kappa shape index (κ3) is 8.40. The molecule has 0 aliphatic carbocycles. The van der Waals surface area contributed by atoms with Gasteiger partial charge >= 0.3 is 18.3 Å². The number of hydrogen-bond acceptors (Lipinski definition) is 6. The molecule has 0 saturated carbocycles. The topological polar surface area (TPSA) is 56.3 Å². The van der Waals surface area contributed by atoms with Crippen molar-refractivity contribution in [3.05, 3.63) is 70.8 Å². The predicted octanol–water partition coefficient (Wildman–Crippen LogP) is 5.20. The van der Waals surface area contributed by atoms with E-state index in [0.29, 0.717) is 50.4 Å². The van der Waals surface area contributed by atoms with Crippen LogP contribution in [0.15, 0.2) is 48.5 Å². The Morgan fingerprint density at radius 3 is 1.98 bits per heavy atom. The largest absolute Gasteiger partial charge is 0.469 e. The van der Waals surface area contributed by atoms with Gasteiger partial charge in [-0.05, 0) is 56.0 Å². The monoisotopic (exact) mass is 654 g/mol. The van der Waals surface area contributed by atoms with Crippen LogP contribution in [0, 0.1) is 0 Å². The Morgan fingerprint density at radius 2 is 1.39 bits per heavy atom. The number of hydrogen-bond donors (Lipinski definition) is 0. The molecule has 1 amide bonds. The number of benzene rings is 2. The second kappa shape index (κ2) is 14.3. The highest BCUT2D eigenvalue weighted by Gasteiger charge is 2.40. The van der Waals surface area contributed by atoms with Crippen molar-refractivity contribution in [3.63, 3.8) is 0 Å². The number of halogens is 6. The number of carbonyl (C=O) groups is 2. The molecule has 7 nitrogen and oxygen atoms in total. The Labute approximate surface area is 265 Å². The van der Waals surface area contributed by atoms with E-state index in [9.17, 15) is 35.9 Å². The van der Waals surface area contributed by atoms with Gasteiger partial charge in [-0.25, -0.2) is 0 Å². The fourth-order valence-electron chi connectivity index (χ4n) is 7.09. The van der Waals surface area contributed by atoms with Gasteiger partial charge < -0.3 is 14.5 Å². The number of ether oxygens (including phenoxy) is 1. The van der Waals surface area contributed by atoms with Gasteiger partial charge in [0, 0.05) is 69.5 Å². The molecule has 3 aliphatic rings. The van der Waals surface area contributed by atoms with Gasteiger partial charge in [-0.1, -0.05) is 30.3 Å². The fraction of sp³-hybridized carbons (Fsp3) is 0.576. The van der Waals surface area contributed by atoms with Crippen LogP contribution in [0.3, 0.4) is 0 Å². The highest BCUT2D eigenvalue weighted by molar-refractivity contribution is 5.95. The van der Waals surface area contributed by atoms with E-state index in [2.05, 4.69) is 14.7 Å². The quantitative estimate of drug-likeness (QED) is 0.289. The van der Waals surface area contributed by atoms with E-state index in [1.54, 1.807) is 0 Å². The molecule has 0 radical (unpaired) electrons. The molecule has 0 bridgehead atoms. The van der Waals surface area contributed by atoms with Crippen LogP contribution in [-0.2, 0) is 28.3 Å². The van der Waals surface area contributed by atoms with Crippen molar-refractivity contribution in [1.82, 2.24) is 19.6 Å². The summed E-state index contributed by atoms with van der Waals surface area (Å²) in [6.45, 7) is 6.17. The first-order chi connectivity index (χ1) is 21.8. The number of alkyl halides is 6. The summed E-state index contributed by atoms with van der Waals surface area (Å²) in [4.78, 5) is 33.9. The molecule has 252 valence electrons. The van der Waals surface area contributed by atoms with Gasteiger partial charge in [0.15, 0.2) is 0 Å². The SMILES string of the molecule is COC(=O)CCN1CCC(N2CCN(C3CCN(C(=O)c4cc(C(F)(F)F)cc(C(F)(F)F)c4)C(Cc4ccccc4)C3)CC2)C1. The number of carbonyl (C=O) groups excluding carboxylic acids is 2. The maximum atomic E-state index is 13.7. The number of amides is 1. The van der Waals surface area contributed by atoms with Crippen LogP contribution >= 0.6 is 0 Å². The molecule has 0 aromatic heterocycles. The van der Waals surface area contributed by atoms with Gasteiger partial charge in [-0.15, -0.1) is 0 Å². The van der Waals surface area contributed by atoms with Crippen molar-refractivity contribution in [2.45, 2.75) is 62.6 Å². The molecule has 13 heteroatoms. The summed E-state index contributed by atoms with van der Waals surface area (Å²) in [5, 5.41) is 0. The van der Waals surface area contributed by atoms with Crippen molar-refractivity contribution in [2.24, 2.45) is 0 Å². The number of methoxy groups -OCH3 is 1. The zero-order valence-corrected chi connectivity index (χ0v) is 25.8. The smallest absolute Gasteiger partial charge is 0.416 e. The van der Waals surface area contributed by atoms with Crippen LogP contribution in [0.2, 0.25) is 0 Å². The van der Waals surface area contributed by atoms with Gasteiger partial charge in [-0.3, -0.25) is 19.4 Å². The molecule has 3 fully saturated rings. The van der Waals surface area contributed by atoms with Gasteiger partial charge in [-0.2, -0.15) is 26.3 Å². The molecule has 3 heterocycles. The summed E-state index contributed by atoms with van der Waals surface area (Å²) in [6, 6.07) is 10.7. The minimum Gasteiger partial charge on any atom is -0.469 e. The van der Waals surface area contributed by atoms with E-state index in [4.69, 9.17) is 4.74 Å². The number of esters is 1. The maximum Gasteiger partial charge on any atom is 0.416 e. The number of nitrogens with zero attached hydrogens (tertiary/aromatic N) is 4. The van der Waals surface area contributed by atoms with Crippen molar-refractivity contribution in [3.8, 4) is 0 Å². The lowest BCUT2D eigenvalue weighted by molar-refractivity contribution is -0.143. The zero-order chi connectivity index (χ0) is 33.1. The lowest BCUT2D eigenvalue weighted by Crippen LogP contribution is -2.58. The van der Waals surface area contributed by atoms with E-state index in [1.165, 1.54) is 12.0 Å². The summed E-state index contributed by atoms with van der Waals surface area (Å²) in [5.74, 6) is -1.03. The number of piperidine rings is 1. The molecule has 2 aromatic carbocycles.